The summed E-state index contributed by atoms with van der Waals surface area (Å²) in [6.45, 7) is 2.76. The van der Waals surface area contributed by atoms with Crippen molar-refractivity contribution in [3.63, 3.8) is 0 Å². The van der Waals surface area contributed by atoms with Gasteiger partial charge in [0.15, 0.2) is 5.16 Å². The van der Waals surface area contributed by atoms with Crippen molar-refractivity contribution < 1.29 is 0 Å². The van der Waals surface area contributed by atoms with Gasteiger partial charge in [-0.1, -0.05) is 49.0 Å². The van der Waals surface area contributed by atoms with Gasteiger partial charge in [0.1, 0.15) is 11.9 Å². The van der Waals surface area contributed by atoms with Gasteiger partial charge in [0.25, 0.3) is 0 Å². The van der Waals surface area contributed by atoms with Crippen LogP contribution in [0.1, 0.15) is 18.9 Å². The van der Waals surface area contributed by atoms with Gasteiger partial charge in [0.2, 0.25) is 0 Å². The molecule has 0 spiro atoms. The number of hydrogen-bond donors (Lipinski definition) is 2. The minimum Gasteiger partial charge on any atom is -0.296 e. The van der Waals surface area contributed by atoms with E-state index in [1.807, 2.05) is 37.3 Å². The molecule has 0 saturated heterocycles. The van der Waals surface area contributed by atoms with Crippen LogP contribution >= 0.6 is 11.8 Å². The Balaban J connectivity index is 2.09. The molecule has 2 rings (SSSR count). The fraction of sp³-hybridized carbons (Fsp3) is 0.357. The van der Waals surface area contributed by atoms with Crippen molar-refractivity contribution >= 4 is 11.8 Å². The maximum absolute atomic E-state index is 9.66. The number of rotatable bonds is 7. The van der Waals surface area contributed by atoms with Crippen LogP contribution in [0, 0.1) is 11.3 Å². The molecule has 0 aliphatic rings. The second-order valence-corrected chi connectivity index (χ2v) is 5.39. The van der Waals surface area contributed by atoms with Gasteiger partial charge in [-0.05, 0) is 18.5 Å². The zero-order valence-corrected chi connectivity index (χ0v) is 12.2. The van der Waals surface area contributed by atoms with E-state index in [9.17, 15) is 5.26 Å². The third-order valence-corrected chi connectivity index (χ3v) is 3.92. The number of thioether (sulfide) groups is 1. The van der Waals surface area contributed by atoms with Crippen molar-refractivity contribution in [2.24, 2.45) is 0 Å². The lowest BCUT2D eigenvalue weighted by Gasteiger charge is -2.27. The smallest absolute Gasteiger partial charge is 0.183 e. The number of nitrogens with zero attached hydrogens (tertiary/aromatic N) is 3. The molecule has 104 valence electrons. The molecule has 2 N–H and O–H groups in total. The molecular weight excluding hydrogens is 270 g/mol. The summed E-state index contributed by atoms with van der Waals surface area (Å²) in [6, 6.07) is 12.3. The molecule has 0 radical (unpaired) electrons. The molecule has 20 heavy (non-hydrogen) atoms. The molecule has 0 bridgehead atoms. The second-order valence-electron chi connectivity index (χ2n) is 4.30. The molecule has 6 heteroatoms. The monoisotopic (exact) mass is 287 g/mol. The summed E-state index contributed by atoms with van der Waals surface area (Å²) in [6.07, 6.45) is 2.19. The summed E-state index contributed by atoms with van der Waals surface area (Å²) >= 11 is 1.57. The largest absolute Gasteiger partial charge is 0.296 e. The van der Waals surface area contributed by atoms with Gasteiger partial charge in [0.05, 0.1) is 6.07 Å². The molecule has 1 heterocycles. The van der Waals surface area contributed by atoms with E-state index in [1.54, 1.807) is 11.8 Å². The summed E-state index contributed by atoms with van der Waals surface area (Å²) < 4.78 is 0. The lowest BCUT2D eigenvalue weighted by molar-refractivity contribution is 0.428. The van der Waals surface area contributed by atoms with E-state index >= 15 is 0 Å². The normalized spacial score (nSPS) is 13.6. The highest BCUT2D eigenvalue weighted by Gasteiger charge is 2.30. The number of aromatic nitrogens is 3. The van der Waals surface area contributed by atoms with Crippen LogP contribution in [0.5, 0.6) is 0 Å². The van der Waals surface area contributed by atoms with Crippen molar-refractivity contribution in [3.05, 3.63) is 42.2 Å². The van der Waals surface area contributed by atoms with Gasteiger partial charge in [-0.15, -0.1) is 0 Å². The van der Waals surface area contributed by atoms with Gasteiger partial charge >= 0.3 is 0 Å². The van der Waals surface area contributed by atoms with E-state index in [1.165, 1.54) is 6.33 Å². The zero-order chi connectivity index (χ0) is 14.3. The molecule has 2 aromatic rings. The van der Waals surface area contributed by atoms with E-state index in [0.717, 1.165) is 23.0 Å². The molecular formula is C14H17N5S. The van der Waals surface area contributed by atoms with Crippen LogP contribution in [0.4, 0.5) is 0 Å². The van der Waals surface area contributed by atoms with Crippen LogP contribution in [0.3, 0.4) is 0 Å². The fourth-order valence-corrected chi connectivity index (χ4v) is 2.92. The number of hydrogen-bond acceptors (Lipinski definition) is 5. The first-order valence-electron chi connectivity index (χ1n) is 6.50. The molecule has 1 atom stereocenters. The number of aromatic amines is 1. The topological polar surface area (TPSA) is 77.4 Å². The Labute approximate surface area is 122 Å². The van der Waals surface area contributed by atoms with E-state index in [2.05, 4.69) is 26.6 Å². The van der Waals surface area contributed by atoms with Crippen LogP contribution in [0.25, 0.3) is 0 Å². The van der Waals surface area contributed by atoms with Gasteiger partial charge in [0, 0.05) is 5.75 Å². The molecule has 0 aliphatic carbocycles. The quantitative estimate of drug-likeness (QED) is 0.764. The minimum absolute atomic E-state index is 0.650. The van der Waals surface area contributed by atoms with Gasteiger partial charge in [-0.2, -0.15) is 10.4 Å². The summed E-state index contributed by atoms with van der Waals surface area (Å²) in [5.41, 5.74) is 0.353. The predicted octanol–water partition coefficient (Wildman–Crippen LogP) is 2.32. The number of nitrogens with one attached hydrogen (secondary N) is 2. The second kappa shape index (κ2) is 7.08. The number of H-pyrrole nitrogens is 1. The van der Waals surface area contributed by atoms with Gasteiger partial charge in [-0.25, -0.2) is 4.98 Å². The highest BCUT2D eigenvalue weighted by Crippen LogP contribution is 2.27. The summed E-state index contributed by atoms with van der Waals surface area (Å²) in [4.78, 5) is 4.07. The summed E-state index contributed by atoms with van der Waals surface area (Å²) in [5, 5.41) is 20.4. The first-order valence-corrected chi connectivity index (χ1v) is 7.49. The van der Waals surface area contributed by atoms with E-state index in [0.29, 0.717) is 6.42 Å². The van der Waals surface area contributed by atoms with Crippen LogP contribution in [-0.4, -0.2) is 27.5 Å². The van der Waals surface area contributed by atoms with Gasteiger partial charge < -0.3 is 0 Å². The SMILES string of the molecule is CCNC(C#N)(CCSc1ncn[nH]1)c1ccccc1. The Kier molecular flexibility index (Phi) is 5.16. The minimum atomic E-state index is -0.650. The van der Waals surface area contributed by atoms with Crippen LogP contribution < -0.4 is 5.32 Å². The highest BCUT2D eigenvalue weighted by molar-refractivity contribution is 7.99. The standard InChI is InChI=1S/C14H17N5S/c1-2-17-14(10-15,12-6-4-3-5-7-12)8-9-20-13-16-11-18-19-13/h3-7,11,17H,2,8-9H2,1H3,(H,16,18,19). The Morgan fingerprint density at radius 1 is 1.40 bits per heavy atom. The van der Waals surface area contributed by atoms with Crippen molar-refractivity contribution in [1.82, 2.24) is 20.5 Å². The fourth-order valence-electron chi connectivity index (χ4n) is 2.08. The highest BCUT2D eigenvalue weighted by atomic mass is 32.2. The van der Waals surface area contributed by atoms with Crippen LogP contribution in [-0.2, 0) is 5.54 Å². The lowest BCUT2D eigenvalue weighted by atomic mass is 9.88. The first kappa shape index (κ1) is 14.6. The summed E-state index contributed by atoms with van der Waals surface area (Å²) in [7, 11) is 0. The van der Waals surface area contributed by atoms with Crippen molar-refractivity contribution in [3.8, 4) is 6.07 Å². The van der Waals surface area contributed by atoms with Crippen LogP contribution in [0.2, 0.25) is 0 Å². The Hall–Kier alpha value is -1.84. The molecule has 1 unspecified atom stereocenters. The van der Waals surface area contributed by atoms with E-state index < -0.39 is 5.54 Å². The lowest BCUT2D eigenvalue weighted by Crippen LogP contribution is -2.41. The van der Waals surface area contributed by atoms with Crippen molar-refractivity contribution in [2.75, 3.05) is 12.3 Å². The maximum Gasteiger partial charge on any atom is 0.183 e. The molecule has 1 aromatic carbocycles. The molecule has 1 aromatic heterocycles. The average molecular weight is 287 g/mol. The molecule has 5 nitrogen and oxygen atoms in total. The molecule has 0 saturated carbocycles. The average Bonchev–Trinajstić information content (AvgIpc) is 3.00. The Morgan fingerprint density at radius 2 is 2.20 bits per heavy atom. The molecule has 0 amide bonds. The van der Waals surface area contributed by atoms with Crippen LogP contribution in [0.15, 0.2) is 41.8 Å². The molecule has 0 fully saturated rings. The van der Waals surface area contributed by atoms with E-state index in [-0.39, 0.29) is 0 Å². The van der Waals surface area contributed by atoms with Crippen molar-refractivity contribution in [1.29, 1.82) is 5.26 Å². The maximum atomic E-state index is 9.66. The number of nitriles is 1. The van der Waals surface area contributed by atoms with Gasteiger partial charge in [-0.3, -0.25) is 10.4 Å². The van der Waals surface area contributed by atoms with Crippen molar-refractivity contribution in [2.45, 2.75) is 24.0 Å². The number of benzene rings is 1. The third kappa shape index (κ3) is 3.38. The first-order chi connectivity index (χ1) is 9.80. The van der Waals surface area contributed by atoms with E-state index in [4.69, 9.17) is 0 Å². The predicted molar refractivity (Wildman–Crippen MR) is 79.1 cm³/mol. The third-order valence-electron chi connectivity index (χ3n) is 3.04. The Bertz CT molecular complexity index is 549. The summed E-state index contributed by atoms with van der Waals surface area (Å²) in [5.74, 6) is 0.782. The zero-order valence-electron chi connectivity index (χ0n) is 11.3. The Morgan fingerprint density at radius 3 is 2.80 bits per heavy atom. The molecule has 0 aliphatic heterocycles.